The second-order valence-electron chi connectivity index (χ2n) is 7.84. The molecule has 4 rings (SSSR count). The fourth-order valence-corrected chi connectivity index (χ4v) is 5.33. The lowest BCUT2D eigenvalue weighted by atomic mass is 9.89. The molecule has 0 N–H and O–H groups in total. The maximum atomic E-state index is 12.9. The highest BCUT2D eigenvalue weighted by atomic mass is 32.2. The van der Waals surface area contributed by atoms with E-state index in [2.05, 4.69) is 4.90 Å². The summed E-state index contributed by atoms with van der Waals surface area (Å²) in [5.41, 5.74) is 0.642. The van der Waals surface area contributed by atoms with Crippen molar-refractivity contribution < 1.29 is 27.4 Å². The Balaban J connectivity index is 1.31. The van der Waals surface area contributed by atoms with Crippen LogP contribution in [0.1, 0.15) is 23.2 Å². The number of benzene rings is 2. The molecule has 0 amide bonds. The van der Waals surface area contributed by atoms with Crippen LogP contribution in [0.5, 0.6) is 17.2 Å². The normalized spacial score (nSPS) is 17.3. The summed E-state index contributed by atoms with van der Waals surface area (Å²) in [6, 6.07) is 11.9. The Morgan fingerprint density at radius 3 is 2.55 bits per heavy atom. The number of hydrogen-bond acceptors (Lipinski definition) is 7. The molecule has 2 aliphatic heterocycles. The highest BCUT2D eigenvalue weighted by molar-refractivity contribution is 7.91. The van der Waals surface area contributed by atoms with Gasteiger partial charge >= 0.3 is 0 Å². The van der Waals surface area contributed by atoms with Crippen LogP contribution in [0.2, 0.25) is 0 Å². The van der Waals surface area contributed by atoms with Gasteiger partial charge < -0.3 is 19.1 Å². The molecule has 0 spiro atoms. The summed E-state index contributed by atoms with van der Waals surface area (Å²) in [6.45, 7) is 2.86. The van der Waals surface area contributed by atoms with Crippen LogP contribution in [-0.4, -0.2) is 64.8 Å². The van der Waals surface area contributed by atoms with Gasteiger partial charge in [0.25, 0.3) is 0 Å². The number of nitrogens with zero attached hydrogens (tertiary/aromatic N) is 1. The van der Waals surface area contributed by atoms with Crippen LogP contribution in [0.3, 0.4) is 0 Å². The summed E-state index contributed by atoms with van der Waals surface area (Å²) in [5.74, 6) is 1.92. The number of likely N-dealkylation sites (tertiary alicyclic amines) is 1. The minimum absolute atomic E-state index is 0.0426. The van der Waals surface area contributed by atoms with Gasteiger partial charge in [0.15, 0.2) is 27.1 Å². The van der Waals surface area contributed by atoms with Crippen LogP contribution >= 0.6 is 0 Å². The number of Topliss-reactive ketones (excluding diaryl/α,β-unsaturated/α-hetero) is 1. The summed E-state index contributed by atoms with van der Waals surface area (Å²) < 4.78 is 41.5. The second-order valence-corrected chi connectivity index (χ2v) is 9.95. The lowest BCUT2D eigenvalue weighted by Gasteiger charge is -2.31. The Morgan fingerprint density at radius 1 is 1.06 bits per heavy atom. The van der Waals surface area contributed by atoms with Gasteiger partial charge in [-0.3, -0.25) is 4.79 Å². The van der Waals surface area contributed by atoms with Crippen molar-refractivity contribution in [3.8, 4) is 17.2 Å². The average Bonchev–Trinajstić information content (AvgIpc) is 2.82. The molecule has 2 aromatic rings. The number of methoxy groups -OCH3 is 1. The SMILES string of the molecule is COc1cccc(S(=O)(=O)CCN2CCC(C(=O)c3ccc4c(c3)OCCO4)CC2)c1. The largest absolute Gasteiger partial charge is 0.497 e. The third-order valence-electron chi connectivity index (χ3n) is 5.86. The Morgan fingerprint density at radius 2 is 1.81 bits per heavy atom. The molecular formula is C23H27NO6S. The molecule has 2 heterocycles. The van der Waals surface area contributed by atoms with Crippen LogP contribution in [-0.2, 0) is 9.84 Å². The molecular weight excluding hydrogens is 418 g/mol. The summed E-state index contributed by atoms with van der Waals surface area (Å²) in [6.07, 6.45) is 1.43. The maximum Gasteiger partial charge on any atom is 0.179 e. The molecule has 0 radical (unpaired) electrons. The van der Waals surface area contributed by atoms with E-state index in [4.69, 9.17) is 14.2 Å². The lowest BCUT2D eigenvalue weighted by molar-refractivity contribution is 0.0843. The Labute approximate surface area is 182 Å². The first-order valence-corrected chi connectivity index (χ1v) is 12.1. The molecule has 2 aromatic carbocycles. The van der Waals surface area contributed by atoms with Crippen molar-refractivity contribution in [3.63, 3.8) is 0 Å². The predicted octanol–water partition coefficient (Wildman–Crippen LogP) is 2.84. The zero-order valence-corrected chi connectivity index (χ0v) is 18.4. The fourth-order valence-electron chi connectivity index (χ4n) is 4.01. The van der Waals surface area contributed by atoms with E-state index in [0.29, 0.717) is 68.5 Å². The number of ketones is 1. The van der Waals surface area contributed by atoms with Crippen molar-refractivity contribution in [1.29, 1.82) is 0 Å². The minimum atomic E-state index is -3.39. The molecule has 7 nitrogen and oxygen atoms in total. The summed E-state index contributed by atoms with van der Waals surface area (Å²) in [7, 11) is -1.87. The predicted molar refractivity (Wildman–Crippen MR) is 116 cm³/mol. The van der Waals surface area contributed by atoms with Crippen molar-refractivity contribution in [2.45, 2.75) is 17.7 Å². The average molecular weight is 446 g/mol. The Hall–Kier alpha value is -2.58. The van der Waals surface area contributed by atoms with E-state index in [9.17, 15) is 13.2 Å². The van der Waals surface area contributed by atoms with Crippen LogP contribution in [0.15, 0.2) is 47.4 Å². The van der Waals surface area contributed by atoms with Crippen LogP contribution in [0.4, 0.5) is 0 Å². The number of sulfone groups is 1. The quantitative estimate of drug-likeness (QED) is 0.606. The molecule has 1 fully saturated rings. The van der Waals surface area contributed by atoms with E-state index in [1.807, 2.05) is 0 Å². The number of carbonyl (C=O) groups is 1. The molecule has 0 saturated carbocycles. The maximum absolute atomic E-state index is 12.9. The van der Waals surface area contributed by atoms with E-state index >= 15 is 0 Å². The Kier molecular flexibility index (Phi) is 6.48. The molecule has 0 aromatic heterocycles. The summed E-state index contributed by atoms with van der Waals surface area (Å²) in [4.78, 5) is 15.3. The third-order valence-corrected chi connectivity index (χ3v) is 7.55. The monoisotopic (exact) mass is 445 g/mol. The van der Waals surface area contributed by atoms with Crippen molar-refractivity contribution in [2.24, 2.45) is 5.92 Å². The number of hydrogen-bond donors (Lipinski definition) is 0. The number of ether oxygens (including phenoxy) is 3. The first-order valence-electron chi connectivity index (χ1n) is 10.5. The number of carbonyl (C=O) groups excluding carboxylic acids is 1. The van der Waals surface area contributed by atoms with Gasteiger partial charge in [0.1, 0.15) is 19.0 Å². The van der Waals surface area contributed by atoms with E-state index in [1.165, 1.54) is 7.11 Å². The van der Waals surface area contributed by atoms with Gasteiger partial charge in [-0.05, 0) is 62.3 Å². The Bertz CT molecular complexity index is 1040. The second kappa shape index (κ2) is 9.28. The minimum Gasteiger partial charge on any atom is -0.497 e. The van der Waals surface area contributed by atoms with E-state index in [0.717, 1.165) is 0 Å². The summed E-state index contributed by atoms with van der Waals surface area (Å²) in [5, 5.41) is 0. The van der Waals surface area contributed by atoms with Gasteiger partial charge in [-0.2, -0.15) is 0 Å². The van der Waals surface area contributed by atoms with Crippen molar-refractivity contribution in [3.05, 3.63) is 48.0 Å². The van der Waals surface area contributed by atoms with Crippen molar-refractivity contribution in [1.82, 2.24) is 4.90 Å². The standard InChI is InChI=1S/C23H27NO6S/c1-28-19-3-2-4-20(16-19)31(26,27)14-11-24-9-7-17(8-10-24)23(25)18-5-6-21-22(15-18)30-13-12-29-21/h2-6,15-17H,7-14H2,1H3. The highest BCUT2D eigenvalue weighted by Crippen LogP contribution is 2.32. The lowest BCUT2D eigenvalue weighted by Crippen LogP contribution is -2.38. The van der Waals surface area contributed by atoms with Crippen LogP contribution < -0.4 is 14.2 Å². The van der Waals surface area contributed by atoms with Gasteiger partial charge in [0.05, 0.1) is 17.8 Å². The number of piperidine rings is 1. The molecule has 0 atom stereocenters. The first kappa shape index (κ1) is 21.6. The number of fused-ring (bicyclic) bond motifs is 1. The van der Waals surface area contributed by atoms with Gasteiger partial charge in [0, 0.05) is 18.0 Å². The molecule has 8 heteroatoms. The van der Waals surface area contributed by atoms with E-state index < -0.39 is 9.84 Å². The van der Waals surface area contributed by atoms with Gasteiger partial charge in [-0.15, -0.1) is 0 Å². The molecule has 31 heavy (non-hydrogen) atoms. The topological polar surface area (TPSA) is 82.1 Å². The van der Waals surface area contributed by atoms with Gasteiger partial charge in [0.2, 0.25) is 0 Å². The van der Waals surface area contributed by atoms with E-state index in [-0.39, 0.29) is 22.3 Å². The molecule has 0 unspecified atom stereocenters. The smallest absolute Gasteiger partial charge is 0.179 e. The molecule has 2 aliphatic rings. The molecule has 0 bridgehead atoms. The van der Waals surface area contributed by atoms with Crippen molar-refractivity contribution in [2.75, 3.05) is 45.7 Å². The molecule has 1 saturated heterocycles. The van der Waals surface area contributed by atoms with Crippen molar-refractivity contribution >= 4 is 15.6 Å². The van der Waals surface area contributed by atoms with Crippen LogP contribution in [0.25, 0.3) is 0 Å². The fraction of sp³-hybridized carbons (Fsp3) is 0.435. The molecule has 166 valence electrons. The van der Waals surface area contributed by atoms with E-state index in [1.54, 1.807) is 42.5 Å². The van der Waals surface area contributed by atoms with Gasteiger partial charge in [-0.1, -0.05) is 6.07 Å². The zero-order valence-electron chi connectivity index (χ0n) is 17.6. The highest BCUT2D eigenvalue weighted by Gasteiger charge is 2.28. The summed E-state index contributed by atoms with van der Waals surface area (Å²) >= 11 is 0. The van der Waals surface area contributed by atoms with Crippen LogP contribution in [0, 0.1) is 5.92 Å². The molecule has 0 aliphatic carbocycles. The number of rotatable bonds is 7. The zero-order chi connectivity index (χ0) is 21.8. The first-order chi connectivity index (χ1) is 15.0. The van der Waals surface area contributed by atoms with Gasteiger partial charge in [-0.25, -0.2) is 8.42 Å². The third kappa shape index (κ3) is 5.02.